The van der Waals surface area contributed by atoms with Gasteiger partial charge < -0.3 is 15.1 Å². The number of amides is 1. The second-order valence-electron chi connectivity index (χ2n) is 9.45. The Morgan fingerprint density at radius 3 is 2.69 bits per heavy atom. The van der Waals surface area contributed by atoms with E-state index in [2.05, 4.69) is 47.7 Å². The number of rotatable bonds is 6. The summed E-state index contributed by atoms with van der Waals surface area (Å²) in [5, 5.41) is 19.0. The first-order valence-electron chi connectivity index (χ1n) is 12.6. The van der Waals surface area contributed by atoms with E-state index < -0.39 is 0 Å². The summed E-state index contributed by atoms with van der Waals surface area (Å²) in [4.78, 5) is 22.0. The van der Waals surface area contributed by atoms with Crippen LogP contribution in [-0.4, -0.2) is 75.0 Å². The van der Waals surface area contributed by atoms with Gasteiger partial charge in [-0.2, -0.15) is 10.2 Å². The zero-order valence-electron chi connectivity index (χ0n) is 20.2. The van der Waals surface area contributed by atoms with Crippen LogP contribution in [0.2, 0.25) is 0 Å². The normalized spacial score (nSPS) is 18.5. The van der Waals surface area contributed by atoms with E-state index in [1.54, 1.807) is 6.20 Å². The molecular formula is C27H30N8O. The van der Waals surface area contributed by atoms with Crippen LogP contribution in [0.3, 0.4) is 0 Å². The maximum Gasteiger partial charge on any atom is 0.224 e. The molecule has 0 unspecified atom stereocenters. The highest BCUT2D eigenvalue weighted by Gasteiger charge is 2.28. The maximum atomic E-state index is 12.9. The molecule has 1 atom stereocenters. The lowest BCUT2D eigenvalue weighted by atomic mass is 10.0. The summed E-state index contributed by atoms with van der Waals surface area (Å²) in [5.41, 5.74) is 5.85. The molecule has 6 rings (SSSR count). The van der Waals surface area contributed by atoms with E-state index in [4.69, 9.17) is 0 Å². The number of nitrogens with zero attached hydrogens (tertiary/aromatic N) is 5. The van der Waals surface area contributed by atoms with Crippen LogP contribution in [0.5, 0.6) is 0 Å². The van der Waals surface area contributed by atoms with Gasteiger partial charge >= 0.3 is 0 Å². The van der Waals surface area contributed by atoms with Crippen LogP contribution < -0.4 is 10.2 Å². The van der Waals surface area contributed by atoms with E-state index in [0.717, 1.165) is 65.9 Å². The van der Waals surface area contributed by atoms with Crippen molar-refractivity contribution in [2.45, 2.75) is 25.3 Å². The van der Waals surface area contributed by atoms with Gasteiger partial charge in [0.1, 0.15) is 0 Å². The van der Waals surface area contributed by atoms with E-state index in [1.807, 2.05) is 47.6 Å². The van der Waals surface area contributed by atoms with Crippen LogP contribution in [0.4, 0.5) is 5.69 Å². The molecule has 4 aromatic rings. The highest BCUT2D eigenvalue weighted by Crippen LogP contribution is 2.38. The number of hydrogen-bond acceptors (Lipinski definition) is 6. The topological polar surface area (TPSA) is 106 Å². The fraction of sp³-hybridized carbons (Fsp3) is 0.333. The van der Waals surface area contributed by atoms with Crippen molar-refractivity contribution >= 4 is 34.8 Å². The smallest absolute Gasteiger partial charge is 0.224 e. The second kappa shape index (κ2) is 9.94. The van der Waals surface area contributed by atoms with Crippen LogP contribution in [0.25, 0.3) is 34.3 Å². The lowest BCUT2D eigenvalue weighted by molar-refractivity contribution is -0.131. The van der Waals surface area contributed by atoms with Crippen LogP contribution in [0.1, 0.15) is 30.5 Å². The number of hydrogen-bond donors (Lipinski definition) is 3. The largest absolute Gasteiger partial charge is 0.367 e. The molecule has 0 bridgehead atoms. The van der Waals surface area contributed by atoms with Gasteiger partial charge in [0.05, 0.1) is 23.0 Å². The van der Waals surface area contributed by atoms with Gasteiger partial charge in [0, 0.05) is 62.2 Å². The molecular weight excluding hydrogens is 452 g/mol. The number of aromatic nitrogens is 5. The predicted octanol–water partition coefficient (Wildman–Crippen LogP) is 3.31. The molecule has 1 amide bonds. The molecule has 2 saturated heterocycles. The zero-order chi connectivity index (χ0) is 24.3. The average Bonchev–Trinajstić information content (AvgIpc) is 3.70. The van der Waals surface area contributed by atoms with Crippen LogP contribution in [0.15, 0.2) is 48.9 Å². The van der Waals surface area contributed by atoms with E-state index in [1.165, 1.54) is 0 Å². The Morgan fingerprint density at radius 2 is 1.94 bits per heavy atom. The van der Waals surface area contributed by atoms with Gasteiger partial charge in [0.2, 0.25) is 5.91 Å². The summed E-state index contributed by atoms with van der Waals surface area (Å²) < 4.78 is 0. The Morgan fingerprint density at radius 1 is 1.08 bits per heavy atom. The molecule has 0 aliphatic carbocycles. The van der Waals surface area contributed by atoms with Crippen LogP contribution >= 0.6 is 0 Å². The van der Waals surface area contributed by atoms with Gasteiger partial charge in [-0.05, 0) is 37.1 Å². The maximum absolute atomic E-state index is 12.9. The molecule has 3 aromatic heterocycles. The van der Waals surface area contributed by atoms with Gasteiger partial charge in [-0.3, -0.25) is 15.0 Å². The third-order valence-corrected chi connectivity index (χ3v) is 7.16. The van der Waals surface area contributed by atoms with Gasteiger partial charge in [-0.15, -0.1) is 0 Å². The number of nitrogens with one attached hydrogen (secondary N) is 3. The first kappa shape index (κ1) is 22.5. The number of fused-ring (bicyclic) bond motifs is 1. The van der Waals surface area contributed by atoms with Gasteiger partial charge in [-0.25, -0.2) is 4.98 Å². The third kappa shape index (κ3) is 4.49. The third-order valence-electron chi connectivity index (χ3n) is 7.16. The zero-order valence-corrected chi connectivity index (χ0v) is 20.2. The van der Waals surface area contributed by atoms with Crippen molar-refractivity contribution < 1.29 is 4.79 Å². The number of piperazine rings is 1. The van der Waals surface area contributed by atoms with Crippen molar-refractivity contribution in [3.05, 3.63) is 60.2 Å². The van der Waals surface area contributed by atoms with Crippen molar-refractivity contribution in [1.82, 2.24) is 35.6 Å². The van der Waals surface area contributed by atoms with E-state index in [9.17, 15) is 4.79 Å². The monoisotopic (exact) mass is 482 g/mol. The molecule has 2 aliphatic heterocycles. The Kier molecular flexibility index (Phi) is 6.21. The molecule has 2 aliphatic rings. The number of anilines is 1. The molecule has 0 spiro atoms. The summed E-state index contributed by atoms with van der Waals surface area (Å²) >= 11 is 0. The fourth-order valence-corrected chi connectivity index (χ4v) is 5.25. The number of aromatic amines is 2. The Hall–Kier alpha value is -3.98. The summed E-state index contributed by atoms with van der Waals surface area (Å²) in [6.07, 6.45) is 12.4. The van der Waals surface area contributed by atoms with Crippen molar-refractivity contribution in [2.75, 3.05) is 37.6 Å². The lowest BCUT2D eigenvalue weighted by Gasteiger charge is -2.37. The quantitative estimate of drug-likeness (QED) is 0.389. The number of pyridine rings is 1. The number of H-pyrrole nitrogens is 2. The average molecular weight is 483 g/mol. The van der Waals surface area contributed by atoms with Gasteiger partial charge in [0.15, 0.2) is 5.65 Å². The Bertz CT molecular complexity index is 1350. The minimum Gasteiger partial charge on any atom is -0.367 e. The molecule has 0 radical (unpaired) electrons. The SMILES string of the molecule is O=C(C[C@@H]1CCCN1)N1CCN(c2c(-c3ccccc3)cnc3n[nH]c(/C=C/c4cn[nH]c4)c23)CC1. The lowest BCUT2D eigenvalue weighted by Crippen LogP contribution is -2.50. The van der Waals surface area contributed by atoms with Crippen molar-refractivity contribution in [2.24, 2.45) is 0 Å². The molecule has 9 heteroatoms. The van der Waals surface area contributed by atoms with E-state index in [-0.39, 0.29) is 5.91 Å². The van der Waals surface area contributed by atoms with Crippen LogP contribution in [-0.2, 0) is 4.79 Å². The van der Waals surface area contributed by atoms with E-state index in [0.29, 0.717) is 31.2 Å². The van der Waals surface area contributed by atoms with Crippen molar-refractivity contribution in [1.29, 1.82) is 0 Å². The second-order valence-corrected chi connectivity index (χ2v) is 9.45. The molecule has 2 fully saturated rings. The minimum absolute atomic E-state index is 0.254. The number of carbonyl (C=O) groups excluding carboxylic acids is 1. The molecule has 184 valence electrons. The summed E-state index contributed by atoms with van der Waals surface area (Å²) in [7, 11) is 0. The number of benzene rings is 1. The molecule has 36 heavy (non-hydrogen) atoms. The first-order chi connectivity index (χ1) is 17.8. The number of carbonyl (C=O) groups is 1. The summed E-state index contributed by atoms with van der Waals surface area (Å²) in [6, 6.07) is 10.7. The van der Waals surface area contributed by atoms with Crippen LogP contribution in [0, 0.1) is 0 Å². The van der Waals surface area contributed by atoms with Crippen molar-refractivity contribution in [3.8, 4) is 11.1 Å². The molecule has 1 aromatic carbocycles. The predicted molar refractivity (Wildman–Crippen MR) is 141 cm³/mol. The highest BCUT2D eigenvalue weighted by molar-refractivity contribution is 6.03. The molecule has 0 saturated carbocycles. The van der Waals surface area contributed by atoms with Gasteiger partial charge in [-0.1, -0.05) is 30.3 Å². The summed E-state index contributed by atoms with van der Waals surface area (Å²) in [5.74, 6) is 0.254. The molecule has 9 nitrogen and oxygen atoms in total. The van der Waals surface area contributed by atoms with E-state index >= 15 is 0 Å². The minimum atomic E-state index is 0.254. The fourth-order valence-electron chi connectivity index (χ4n) is 5.25. The van der Waals surface area contributed by atoms with Crippen molar-refractivity contribution in [3.63, 3.8) is 0 Å². The highest BCUT2D eigenvalue weighted by atomic mass is 16.2. The molecule has 3 N–H and O–H groups in total. The Balaban J connectivity index is 1.33. The summed E-state index contributed by atoms with van der Waals surface area (Å²) in [6.45, 7) is 3.97. The standard InChI is InChI=1S/C27H30N8O/c36-24(15-21-7-4-10-28-21)34-11-13-35(14-12-34)26-22(20-5-2-1-3-6-20)18-29-27-25(26)23(32-33-27)9-8-19-16-30-31-17-19/h1-3,5-6,8-9,16-18,21,28H,4,7,10-15H2,(H,30,31)(H,29,32,33)/b9-8+/t21-/m0/s1. The molecule has 5 heterocycles. The first-order valence-corrected chi connectivity index (χ1v) is 12.6. The Labute approximate surface area is 209 Å². The van der Waals surface area contributed by atoms with Gasteiger partial charge in [0.25, 0.3) is 0 Å².